The Balaban J connectivity index is 1.74. The van der Waals surface area contributed by atoms with Gasteiger partial charge in [0, 0.05) is 60.6 Å². The highest BCUT2D eigenvalue weighted by atomic mass is 32.1. The summed E-state index contributed by atoms with van der Waals surface area (Å²) < 4.78 is 13.6. The number of hydrogen-bond acceptors (Lipinski definition) is 6. The number of ether oxygens (including phenoxy) is 2. The van der Waals surface area contributed by atoms with E-state index in [1.54, 1.807) is 30.1 Å². The van der Waals surface area contributed by atoms with Crippen molar-refractivity contribution in [3.8, 4) is 22.6 Å². The van der Waals surface area contributed by atoms with E-state index in [-0.39, 0.29) is 5.56 Å². The van der Waals surface area contributed by atoms with E-state index in [1.807, 2.05) is 31.4 Å². The fourth-order valence-electron chi connectivity index (χ4n) is 4.12. The minimum Gasteiger partial charge on any atom is -0.493 e. The molecular formula is C23H29N3O3S. The molecule has 0 aliphatic carbocycles. The molecule has 0 radical (unpaired) electrons. The van der Waals surface area contributed by atoms with Crippen LogP contribution in [0.15, 0.2) is 35.3 Å². The van der Waals surface area contributed by atoms with E-state index in [9.17, 15) is 4.79 Å². The zero-order valence-corrected chi connectivity index (χ0v) is 18.8. The first-order valence-electron chi connectivity index (χ1n) is 10.3. The second-order valence-corrected chi connectivity index (χ2v) is 8.92. The van der Waals surface area contributed by atoms with Crippen LogP contribution in [-0.4, -0.2) is 49.4 Å². The van der Waals surface area contributed by atoms with Crippen LogP contribution in [0, 0.1) is 0 Å². The van der Waals surface area contributed by atoms with Gasteiger partial charge in [-0.2, -0.15) is 0 Å². The summed E-state index contributed by atoms with van der Waals surface area (Å²) >= 11 is 1.72. The van der Waals surface area contributed by atoms with Crippen molar-refractivity contribution in [2.75, 3.05) is 33.9 Å². The molecule has 0 spiro atoms. The maximum atomic E-state index is 12.8. The van der Waals surface area contributed by atoms with Crippen molar-refractivity contribution in [2.24, 2.45) is 7.05 Å². The number of piperazine rings is 1. The topological polar surface area (TPSA) is 55.7 Å². The van der Waals surface area contributed by atoms with Crippen LogP contribution in [0.25, 0.3) is 21.2 Å². The number of fused-ring (bicyclic) bond motifs is 1. The first kappa shape index (κ1) is 20.9. The number of nitrogens with zero attached hydrogens (tertiary/aromatic N) is 2. The van der Waals surface area contributed by atoms with E-state index in [4.69, 9.17) is 9.47 Å². The smallest absolute Gasteiger partial charge is 0.259 e. The quantitative estimate of drug-likeness (QED) is 0.653. The Labute approximate surface area is 181 Å². The van der Waals surface area contributed by atoms with Crippen LogP contribution < -0.4 is 20.3 Å². The van der Waals surface area contributed by atoms with Gasteiger partial charge < -0.3 is 19.4 Å². The highest BCUT2D eigenvalue weighted by Gasteiger charge is 2.20. The first-order valence-corrected chi connectivity index (χ1v) is 11.2. The maximum absolute atomic E-state index is 12.8. The average molecular weight is 428 g/mol. The Morgan fingerprint density at radius 1 is 1.20 bits per heavy atom. The summed E-state index contributed by atoms with van der Waals surface area (Å²) in [6.07, 6.45) is 3.05. The van der Waals surface area contributed by atoms with Gasteiger partial charge in [0.2, 0.25) is 0 Å². The summed E-state index contributed by atoms with van der Waals surface area (Å²) in [5, 5.41) is 4.35. The van der Waals surface area contributed by atoms with Gasteiger partial charge in [-0.1, -0.05) is 13.0 Å². The van der Waals surface area contributed by atoms with Gasteiger partial charge in [0.1, 0.15) is 0 Å². The molecule has 0 bridgehead atoms. The second kappa shape index (κ2) is 8.79. The normalized spacial score (nSPS) is 17.4. The van der Waals surface area contributed by atoms with E-state index >= 15 is 0 Å². The molecule has 160 valence electrons. The Bertz CT molecular complexity index is 1110. The average Bonchev–Trinajstić information content (AvgIpc) is 3.19. The summed E-state index contributed by atoms with van der Waals surface area (Å²) in [5.74, 6) is 1.37. The van der Waals surface area contributed by atoms with E-state index in [1.165, 1.54) is 4.88 Å². The molecule has 1 aromatic carbocycles. The molecule has 0 unspecified atom stereocenters. The van der Waals surface area contributed by atoms with Crippen molar-refractivity contribution < 1.29 is 9.47 Å². The second-order valence-electron chi connectivity index (χ2n) is 7.78. The summed E-state index contributed by atoms with van der Waals surface area (Å²) in [4.78, 5) is 16.6. The predicted molar refractivity (Wildman–Crippen MR) is 123 cm³/mol. The van der Waals surface area contributed by atoms with Gasteiger partial charge in [-0.05, 0) is 30.2 Å². The monoisotopic (exact) mass is 427 g/mol. The number of benzene rings is 1. The lowest BCUT2D eigenvalue weighted by Gasteiger charge is -2.32. The first-order chi connectivity index (χ1) is 14.5. The van der Waals surface area contributed by atoms with Gasteiger partial charge in [0.05, 0.1) is 19.6 Å². The van der Waals surface area contributed by atoms with Crippen LogP contribution in [0.1, 0.15) is 18.2 Å². The lowest BCUT2D eigenvalue weighted by molar-refractivity contribution is 0.191. The van der Waals surface area contributed by atoms with E-state index in [0.717, 1.165) is 53.8 Å². The van der Waals surface area contributed by atoms with Crippen molar-refractivity contribution in [1.82, 2.24) is 14.8 Å². The van der Waals surface area contributed by atoms with Crippen LogP contribution in [0.4, 0.5) is 0 Å². The molecule has 1 fully saturated rings. The Morgan fingerprint density at radius 3 is 2.73 bits per heavy atom. The van der Waals surface area contributed by atoms with E-state index in [0.29, 0.717) is 17.5 Å². The SMILES string of the molecule is CC[C@H]1CN(Cc2cc3c(=O)n(C)cc(-c4ccc(OC)c(OC)c4)c3s2)CCN1. The molecular weight excluding hydrogens is 398 g/mol. The Morgan fingerprint density at radius 2 is 2.00 bits per heavy atom. The zero-order chi connectivity index (χ0) is 21.3. The van der Waals surface area contributed by atoms with E-state index < -0.39 is 0 Å². The summed E-state index contributed by atoms with van der Waals surface area (Å²) in [7, 11) is 5.08. The molecule has 0 amide bonds. The van der Waals surface area contributed by atoms with Gasteiger partial charge in [-0.25, -0.2) is 0 Å². The third-order valence-corrected chi connectivity index (χ3v) is 6.96. The van der Waals surface area contributed by atoms with Gasteiger partial charge in [-0.15, -0.1) is 11.3 Å². The molecule has 30 heavy (non-hydrogen) atoms. The number of aromatic nitrogens is 1. The lowest BCUT2D eigenvalue weighted by atomic mass is 10.1. The largest absolute Gasteiger partial charge is 0.493 e. The van der Waals surface area contributed by atoms with Crippen molar-refractivity contribution in [3.05, 3.63) is 45.7 Å². The van der Waals surface area contributed by atoms with Crippen LogP contribution in [0.3, 0.4) is 0 Å². The minimum absolute atomic E-state index is 0.0449. The molecule has 0 saturated carbocycles. The maximum Gasteiger partial charge on any atom is 0.259 e. The van der Waals surface area contributed by atoms with Gasteiger partial charge in [0.25, 0.3) is 5.56 Å². The number of pyridine rings is 1. The number of rotatable bonds is 6. The molecule has 3 heterocycles. The highest BCUT2D eigenvalue weighted by Crippen LogP contribution is 2.37. The number of aryl methyl sites for hydroxylation is 1. The fraction of sp³-hybridized carbons (Fsp3) is 0.435. The number of methoxy groups -OCH3 is 2. The number of hydrogen-bond donors (Lipinski definition) is 1. The molecule has 1 aliphatic heterocycles. The zero-order valence-electron chi connectivity index (χ0n) is 18.0. The van der Waals surface area contributed by atoms with E-state index in [2.05, 4.69) is 23.2 Å². The third-order valence-electron chi connectivity index (χ3n) is 5.81. The molecule has 3 aromatic rings. The van der Waals surface area contributed by atoms with Gasteiger partial charge >= 0.3 is 0 Å². The van der Waals surface area contributed by atoms with Gasteiger partial charge in [-0.3, -0.25) is 9.69 Å². The fourth-order valence-corrected chi connectivity index (χ4v) is 5.34. The van der Waals surface area contributed by atoms with Crippen molar-refractivity contribution >= 4 is 21.4 Å². The summed E-state index contributed by atoms with van der Waals surface area (Å²) in [5.41, 5.74) is 2.09. The van der Waals surface area contributed by atoms with Crippen LogP contribution in [0.2, 0.25) is 0 Å². The Kier molecular flexibility index (Phi) is 6.13. The molecule has 6 nitrogen and oxygen atoms in total. The van der Waals surface area contributed by atoms with Crippen molar-refractivity contribution in [2.45, 2.75) is 25.9 Å². The molecule has 4 rings (SSSR count). The predicted octanol–water partition coefficient (Wildman–Crippen LogP) is 3.47. The van der Waals surface area contributed by atoms with Gasteiger partial charge in [0.15, 0.2) is 11.5 Å². The standard InChI is InChI=1S/C23H29N3O3S/c1-5-16-12-26(9-8-24-16)13-17-11-18-22(30-17)19(14-25(2)23(18)27)15-6-7-20(28-3)21(10-15)29-4/h6-7,10-11,14,16,24H,5,8-9,12-13H2,1-4H3/t16-/m0/s1. The highest BCUT2D eigenvalue weighted by molar-refractivity contribution is 7.19. The molecule has 2 aromatic heterocycles. The number of nitrogens with one attached hydrogen (secondary N) is 1. The van der Waals surface area contributed by atoms with Crippen molar-refractivity contribution in [1.29, 1.82) is 0 Å². The molecule has 1 saturated heterocycles. The molecule has 1 aliphatic rings. The minimum atomic E-state index is 0.0449. The van der Waals surface area contributed by atoms with Crippen LogP contribution >= 0.6 is 11.3 Å². The molecule has 7 heteroatoms. The summed E-state index contributed by atoms with van der Waals surface area (Å²) in [6, 6.07) is 8.52. The Hall–Kier alpha value is -2.35. The molecule has 1 atom stereocenters. The summed E-state index contributed by atoms with van der Waals surface area (Å²) in [6.45, 7) is 6.20. The third kappa shape index (κ3) is 3.97. The van der Waals surface area contributed by atoms with Crippen molar-refractivity contribution in [3.63, 3.8) is 0 Å². The van der Waals surface area contributed by atoms with Crippen LogP contribution in [0.5, 0.6) is 11.5 Å². The number of thiophene rings is 1. The van der Waals surface area contributed by atoms with Crippen LogP contribution in [-0.2, 0) is 13.6 Å². The lowest BCUT2D eigenvalue weighted by Crippen LogP contribution is -2.49. The molecule has 1 N–H and O–H groups in total.